The number of nitrogens with one attached hydrogen (secondary N) is 1. The van der Waals surface area contributed by atoms with Gasteiger partial charge in [0.05, 0.1) is 22.8 Å². The Morgan fingerprint density at radius 2 is 2.00 bits per heavy atom. The van der Waals surface area contributed by atoms with Crippen molar-refractivity contribution in [3.8, 4) is 0 Å². The molecule has 0 spiro atoms. The first-order chi connectivity index (χ1) is 8.21. The van der Waals surface area contributed by atoms with Crippen LogP contribution in [0.1, 0.15) is 0 Å². The smallest absolute Gasteiger partial charge is 0.241 e. The lowest BCUT2D eigenvalue weighted by molar-refractivity contribution is -0.126. The Balaban J connectivity index is 2.84. The van der Waals surface area contributed by atoms with E-state index in [1.54, 1.807) is 20.2 Å². The van der Waals surface area contributed by atoms with Crippen molar-refractivity contribution in [2.75, 3.05) is 37.9 Å². The highest BCUT2D eigenvalue weighted by Crippen LogP contribution is 2.22. The molecule has 18 heavy (non-hydrogen) atoms. The summed E-state index contributed by atoms with van der Waals surface area (Å²) < 4.78 is 22.6. The average molecular weight is 271 g/mol. The molecule has 100 valence electrons. The number of rotatable bonds is 4. The predicted molar refractivity (Wildman–Crippen MR) is 71.1 cm³/mol. The molecule has 1 amide bonds. The van der Waals surface area contributed by atoms with Crippen LogP contribution in [0.2, 0.25) is 0 Å². The lowest BCUT2D eigenvalue weighted by Crippen LogP contribution is -2.28. The first-order valence-electron chi connectivity index (χ1n) is 5.25. The highest BCUT2D eigenvalue weighted by Gasteiger charge is 2.10. The Morgan fingerprint density at radius 1 is 1.39 bits per heavy atom. The SMILES string of the molecule is CN(C)C(=O)CNc1ccc(S(C)(=O)=O)cc1N. The van der Waals surface area contributed by atoms with Gasteiger partial charge in [0.1, 0.15) is 0 Å². The number of anilines is 2. The molecule has 0 bridgehead atoms. The second-order valence-electron chi connectivity index (χ2n) is 4.16. The van der Waals surface area contributed by atoms with Gasteiger partial charge in [0.15, 0.2) is 9.84 Å². The summed E-state index contributed by atoms with van der Waals surface area (Å²) in [7, 11) is 0.0361. The number of carbonyl (C=O) groups excluding carboxylic acids is 1. The number of sulfone groups is 1. The molecule has 0 saturated carbocycles. The van der Waals surface area contributed by atoms with Crippen molar-refractivity contribution in [2.24, 2.45) is 0 Å². The monoisotopic (exact) mass is 271 g/mol. The molecule has 0 heterocycles. The topological polar surface area (TPSA) is 92.5 Å². The van der Waals surface area contributed by atoms with E-state index in [-0.39, 0.29) is 17.3 Å². The van der Waals surface area contributed by atoms with E-state index in [0.717, 1.165) is 6.26 Å². The highest BCUT2D eigenvalue weighted by molar-refractivity contribution is 7.90. The van der Waals surface area contributed by atoms with E-state index in [1.165, 1.54) is 17.0 Å². The summed E-state index contributed by atoms with van der Waals surface area (Å²) in [5.74, 6) is -0.0958. The van der Waals surface area contributed by atoms with Crippen molar-refractivity contribution >= 4 is 27.1 Å². The summed E-state index contributed by atoms with van der Waals surface area (Å²) >= 11 is 0. The molecule has 7 heteroatoms. The van der Waals surface area contributed by atoms with Crippen LogP contribution in [0.3, 0.4) is 0 Å². The Hall–Kier alpha value is -1.76. The zero-order valence-corrected chi connectivity index (χ0v) is 11.4. The van der Waals surface area contributed by atoms with E-state index in [1.807, 2.05) is 0 Å². The summed E-state index contributed by atoms with van der Waals surface area (Å²) in [4.78, 5) is 13.0. The van der Waals surface area contributed by atoms with Gasteiger partial charge in [-0.1, -0.05) is 0 Å². The molecule has 3 N–H and O–H groups in total. The Labute approximate surface area is 107 Å². The largest absolute Gasteiger partial charge is 0.397 e. The van der Waals surface area contributed by atoms with E-state index < -0.39 is 9.84 Å². The van der Waals surface area contributed by atoms with Crippen molar-refractivity contribution in [2.45, 2.75) is 4.90 Å². The maximum atomic E-state index is 11.4. The highest BCUT2D eigenvalue weighted by atomic mass is 32.2. The van der Waals surface area contributed by atoms with Gasteiger partial charge in [0, 0.05) is 20.4 Å². The van der Waals surface area contributed by atoms with Gasteiger partial charge in [-0.25, -0.2) is 8.42 Å². The molecular formula is C11H17N3O3S. The predicted octanol–water partition coefficient (Wildman–Crippen LogP) is 0.172. The van der Waals surface area contributed by atoms with Crippen LogP contribution in [0.4, 0.5) is 11.4 Å². The van der Waals surface area contributed by atoms with Crippen LogP contribution in [-0.4, -0.2) is 46.1 Å². The maximum absolute atomic E-state index is 11.4. The third-order valence-corrected chi connectivity index (χ3v) is 3.49. The standard InChI is InChI=1S/C11H17N3O3S/c1-14(2)11(15)7-13-10-5-4-8(6-9(10)12)18(3,16)17/h4-6,13H,7,12H2,1-3H3. The average Bonchev–Trinajstić information content (AvgIpc) is 2.25. The zero-order chi connectivity index (χ0) is 13.9. The van der Waals surface area contributed by atoms with Crippen molar-refractivity contribution in [1.82, 2.24) is 4.90 Å². The lowest BCUT2D eigenvalue weighted by Gasteiger charge is -2.13. The molecule has 0 aliphatic carbocycles. The summed E-state index contributed by atoms with van der Waals surface area (Å²) in [6.45, 7) is 0.107. The van der Waals surface area contributed by atoms with Gasteiger partial charge in [-0.3, -0.25) is 4.79 Å². The number of nitrogens with two attached hydrogens (primary N) is 1. The van der Waals surface area contributed by atoms with Crippen molar-refractivity contribution in [3.63, 3.8) is 0 Å². The van der Waals surface area contributed by atoms with Gasteiger partial charge >= 0.3 is 0 Å². The minimum atomic E-state index is -3.27. The van der Waals surface area contributed by atoms with Crippen LogP contribution in [0.15, 0.2) is 23.1 Å². The molecule has 1 aromatic rings. The quantitative estimate of drug-likeness (QED) is 0.762. The number of benzene rings is 1. The van der Waals surface area contributed by atoms with E-state index in [4.69, 9.17) is 5.73 Å². The van der Waals surface area contributed by atoms with Crippen molar-refractivity contribution in [3.05, 3.63) is 18.2 Å². The molecule has 0 saturated heterocycles. The molecule has 6 nitrogen and oxygen atoms in total. The fourth-order valence-electron chi connectivity index (χ4n) is 1.26. The molecule has 0 aromatic heterocycles. The number of likely N-dealkylation sites (N-methyl/N-ethyl adjacent to an activating group) is 1. The van der Waals surface area contributed by atoms with Gasteiger partial charge in [-0.05, 0) is 18.2 Å². The normalized spacial score (nSPS) is 11.1. The summed E-state index contributed by atoms with van der Waals surface area (Å²) in [5.41, 5.74) is 6.56. The van der Waals surface area contributed by atoms with Gasteiger partial charge in [-0.2, -0.15) is 0 Å². The number of hydrogen-bond acceptors (Lipinski definition) is 5. The van der Waals surface area contributed by atoms with Crippen LogP contribution in [0.5, 0.6) is 0 Å². The van der Waals surface area contributed by atoms with Gasteiger partial charge in [0.2, 0.25) is 5.91 Å². The summed E-state index contributed by atoms with van der Waals surface area (Å²) in [5, 5.41) is 2.86. The number of hydrogen-bond donors (Lipinski definition) is 2. The molecule has 0 aliphatic heterocycles. The van der Waals surface area contributed by atoms with E-state index in [0.29, 0.717) is 11.4 Å². The minimum absolute atomic E-state index is 0.0958. The number of amides is 1. The van der Waals surface area contributed by atoms with E-state index in [2.05, 4.69) is 5.32 Å². The lowest BCUT2D eigenvalue weighted by atomic mass is 10.2. The van der Waals surface area contributed by atoms with Crippen LogP contribution in [-0.2, 0) is 14.6 Å². The number of nitrogen functional groups attached to an aromatic ring is 1. The molecule has 0 unspecified atom stereocenters. The van der Waals surface area contributed by atoms with Crippen LogP contribution < -0.4 is 11.1 Å². The van der Waals surface area contributed by atoms with Crippen molar-refractivity contribution in [1.29, 1.82) is 0 Å². The minimum Gasteiger partial charge on any atom is -0.397 e. The van der Waals surface area contributed by atoms with Gasteiger partial charge in [-0.15, -0.1) is 0 Å². The zero-order valence-electron chi connectivity index (χ0n) is 10.6. The molecular weight excluding hydrogens is 254 g/mol. The number of carbonyl (C=O) groups is 1. The Kier molecular flexibility index (Phi) is 4.18. The van der Waals surface area contributed by atoms with E-state index in [9.17, 15) is 13.2 Å². The first kappa shape index (κ1) is 14.3. The van der Waals surface area contributed by atoms with Gasteiger partial charge < -0.3 is 16.0 Å². The fourth-order valence-corrected chi connectivity index (χ4v) is 1.92. The van der Waals surface area contributed by atoms with Crippen LogP contribution in [0.25, 0.3) is 0 Å². The first-order valence-corrected chi connectivity index (χ1v) is 7.14. The second-order valence-corrected chi connectivity index (χ2v) is 6.18. The summed E-state index contributed by atoms with van der Waals surface area (Å²) in [6.07, 6.45) is 1.12. The molecule has 0 fully saturated rings. The number of nitrogens with zero attached hydrogens (tertiary/aromatic N) is 1. The third kappa shape index (κ3) is 3.63. The van der Waals surface area contributed by atoms with Crippen LogP contribution in [0, 0.1) is 0 Å². The molecule has 1 rings (SSSR count). The molecule has 0 atom stereocenters. The molecule has 0 aliphatic rings. The van der Waals surface area contributed by atoms with Crippen molar-refractivity contribution < 1.29 is 13.2 Å². The Morgan fingerprint density at radius 3 is 2.44 bits per heavy atom. The molecule has 0 radical (unpaired) electrons. The second kappa shape index (κ2) is 5.26. The fraction of sp³-hybridized carbons (Fsp3) is 0.364. The summed E-state index contributed by atoms with van der Waals surface area (Å²) in [6, 6.07) is 4.38. The van der Waals surface area contributed by atoms with Crippen LogP contribution >= 0.6 is 0 Å². The Bertz CT molecular complexity index is 553. The maximum Gasteiger partial charge on any atom is 0.241 e. The van der Waals surface area contributed by atoms with Gasteiger partial charge in [0.25, 0.3) is 0 Å². The third-order valence-electron chi connectivity index (χ3n) is 2.38. The molecule has 1 aromatic carbocycles. The van der Waals surface area contributed by atoms with E-state index >= 15 is 0 Å².